The Kier molecular flexibility index (Phi) is 2.97. The van der Waals surface area contributed by atoms with Gasteiger partial charge in [0.15, 0.2) is 0 Å². The molecule has 0 saturated carbocycles. The van der Waals surface area contributed by atoms with Crippen molar-refractivity contribution in [3.05, 3.63) is 29.3 Å². The Hall–Kier alpha value is -0.470. The molecule has 0 bridgehead atoms. The first-order chi connectivity index (χ1) is 5.27. The predicted octanol–water partition coefficient (Wildman–Crippen LogP) is 2.21. The van der Waals surface area contributed by atoms with Gasteiger partial charge in [0.2, 0.25) is 0 Å². The molecule has 0 saturated heterocycles. The summed E-state index contributed by atoms with van der Waals surface area (Å²) in [5.74, 6) is 0. The number of thioether (sulfide) groups is 1. The van der Waals surface area contributed by atoms with Gasteiger partial charge in [0.1, 0.15) is 0 Å². The van der Waals surface area contributed by atoms with E-state index in [2.05, 4.69) is 6.92 Å². The maximum atomic E-state index is 8.84. The van der Waals surface area contributed by atoms with E-state index in [1.54, 1.807) is 11.8 Å². The predicted molar refractivity (Wildman–Crippen MR) is 48.9 cm³/mol. The summed E-state index contributed by atoms with van der Waals surface area (Å²) in [6.07, 6.45) is 2.05. The third-order valence-corrected chi connectivity index (χ3v) is 2.53. The Balaban J connectivity index is 3.02. The van der Waals surface area contributed by atoms with Gasteiger partial charge in [0.25, 0.3) is 0 Å². The van der Waals surface area contributed by atoms with Gasteiger partial charge in [-0.25, -0.2) is 0 Å². The van der Waals surface area contributed by atoms with E-state index in [1.165, 1.54) is 10.5 Å². The molecule has 1 rings (SSSR count). The molecule has 60 valence electrons. The first-order valence-corrected chi connectivity index (χ1v) is 4.74. The van der Waals surface area contributed by atoms with Gasteiger partial charge in [0.05, 0.1) is 6.61 Å². The van der Waals surface area contributed by atoms with Crippen molar-refractivity contribution in [3.63, 3.8) is 0 Å². The lowest BCUT2D eigenvalue weighted by molar-refractivity contribution is 0.281. The molecule has 1 aromatic rings. The Morgan fingerprint density at radius 1 is 1.45 bits per heavy atom. The van der Waals surface area contributed by atoms with Gasteiger partial charge in [-0.3, -0.25) is 0 Å². The second-order valence-corrected chi connectivity index (χ2v) is 3.31. The maximum absolute atomic E-state index is 8.84. The van der Waals surface area contributed by atoms with E-state index in [0.29, 0.717) is 0 Å². The van der Waals surface area contributed by atoms with Gasteiger partial charge in [0, 0.05) is 4.90 Å². The highest BCUT2D eigenvalue weighted by molar-refractivity contribution is 7.98. The second kappa shape index (κ2) is 3.79. The largest absolute Gasteiger partial charge is 0.392 e. The topological polar surface area (TPSA) is 20.2 Å². The molecule has 0 spiro atoms. The van der Waals surface area contributed by atoms with Crippen LogP contribution in [0.3, 0.4) is 0 Å². The highest BCUT2D eigenvalue weighted by atomic mass is 32.2. The summed E-state index contributed by atoms with van der Waals surface area (Å²) in [7, 11) is 0. The number of rotatable bonds is 2. The second-order valence-electron chi connectivity index (χ2n) is 2.46. The third kappa shape index (κ3) is 1.98. The van der Waals surface area contributed by atoms with Gasteiger partial charge >= 0.3 is 0 Å². The van der Waals surface area contributed by atoms with Gasteiger partial charge in [-0.15, -0.1) is 11.8 Å². The van der Waals surface area contributed by atoms with E-state index in [-0.39, 0.29) is 6.61 Å². The van der Waals surface area contributed by atoms with Crippen LogP contribution in [0.1, 0.15) is 11.1 Å². The van der Waals surface area contributed by atoms with E-state index in [9.17, 15) is 0 Å². The molecule has 1 nitrogen and oxygen atoms in total. The van der Waals surface area contributed by atoms with E-state index < -0.39 is 0 Å². The highest BCUT2D eigenvalue weighted by Crippen LogP contribution is 2.20. The standard InChI is InChI=1S/C9H12OS/c1-7-3-4-8(6-10)5-9(7)11-2/h3-5,10H,6H2,1-2H3. The number of aryl methyl sites for hydroxylation is 1. The molecular weight excluding hydrogens is 156 g/mol. The molecule has 0 radical (unpaired) electrons. The van der Waals surface area contributed by atoms with Crippen LogP contribution in [0.15, 0.2) is 23.1 Å². The van der Waals surface area contributed by atoms with E-state index >= 15 is 0 Å². The van der Waals surface area contributed by atoms with Gasteiger partial charge < -0.3 is 5.11 Å². The first-order valence-electron chi connectivity index (χ1n) is 3.52. The molecule has 1 aromatic carbocycles. The van der Waals surface area contributed by atoms with Crippen LogP contribution in [0.25, 0.3) is 0 Å². The summed E-state index contributed by atoms with van der Waals surface area (Å²) >= 11 is 1.71. The number of aliphatic hydroxyl groups excluding tert-OH is 1. The Morgan fingerprint density at radius 3 is 2.73 bits per heavy atom. The van der Waals surface area contributed by atoms with Crippen LogP contribution in [-0.2, 0) is 6.61 Å². The smallest absolute Gasteiger partial charge is 0.0682 e. The first kappa shape index (κ1) is 8.62. The van der Waals surface area contributed by atoms with Crippen molar-refractivity contribution < 1.29 is 5.11 Å². The van der Waals surface area contributed by atoms with Crippen molar-refractivity contribution in [2.24, 2.45) is 0 Å². The summed E-state index contributed by atoms with van der Waals surface area (Å²) < 4.78 is 0. The van der Waals surface area contributed by atoms with Crippen LogP contribution >= 0.6 is 11.8 Å². The highest BCUT2D eigenvalue weighted by Gasteiger charge is 1.96. The van der Waals surface area contributed by atoms with Crippen LogP contribution in [0.5, 0.6) is 0 Å². The van der Waals surface area contributed by atoms with Gasteiger partial charge in [-0.2, -0.15) is 0 Å². The Bertz CT molecular complexity index is 245. The summed E-state index contributed by atoms with van der Waals surface area (Å²) in [6, 6.07) is 6.02. The van der Waals surface area contributed by atoms with Crippen molar-refractivity contribution in [2.45, 2.75) is 18.4 Å². The molecular formula is C9H12OS. The molecule has 0 aliphatic carbocycles. The average Bonchev–Trinajstić information content (AvgIpc) is 2.05. The fraction of sp³-hybridized carbons (Fsp3) is 0.333. The van der Waals surface area contributed by atoms with Crippen molar-refractivity contribution in [2.75, 3.05) is 6.26 Å². The van der Waals surface area contributed by atoms with E-state index in [0.717, 1.165) is 5.56 Å². The minimum atomic E-state index is 0.133. The van der Waals surface area contributed by atoms with Gasteiger partial charge in [-0.05, 0) is 30.4 Å². The SMILES string of the molecule is CSc1cc(CO)ccc1C. The average molecular weight is 168 g/mol. The molecule has 0 fully saturated rings. The van der Waals surface area contributed by atoms with Crippen LogP contribution < -0.4 is 0 Å². The summed E-state index contributed by atoms with van der Waals surface area (Å²) in [5, 5.41) is 8.84. The third-order valence-electron chi connectivity index (χ3n) is 1.66. The lowest BCUT2D eigenvalue weighted by Gasteiger charge is -2.03. The zero-order valence-corrected chi connectivity index (χ0v) is 7.61. The molecule has 0 heterocycles. The fourth-order valence-electron chi connectivity index (χ4n) is 0.963. The minimum absolute atomic E-state index is 0.133. The summed E-state index contributed by atoms with van der Waals surface area (Å²) in [5.41, 5.74) is 2.26. The van der Waals surface area contributed by atoms with Crippen molar-refractivity contribution >= 4 is 11.8 Å². The number of benzene rings is 1. The Labute approximate surface area is 71.4 Å². The lowest BCUT2D eigenvalue weighted by atomic mass is 10.2. The van der Waals surface area contributed by atoms with Crippen LogP contribution in [-0.4, -0.2) is 11.4 Å². The van der Waals surface area contributed by atoms with Crippen molar-refractivity contribution in [3.8, 4) is 0 Å². The van der Waals surface area contributed by atoms with Gasteiger partial charge in [-0.1, -0.05) is 12.1 Å². The molecule has 2 heteroatoms. The monoisotopic (exact) mass is 168 g/mol. The number of hydrogen-bond acceptors (Lipinski definition) is 2. The molecule has 0 aliphatic heterocycles. The number of aliphatic hydroxyl groups is 1. The summed E-state index contributed by atoms with van der Waals surface area (Å²) in [6.45, 7) is 2.21. The molecule has 11 heavy (non-hydrogen) atoms. The normalized spacial score (nSPS) is 10.1. The van der Waals surface area contributed by atoms with Crippen LogP contribution in [0, 0.1) is 6.92 Å². The molecule has 0 unspecified atom stereocenters. The van der Waals surface area contributed by atoms with E-state index in [4.69, 9.17) is 5.11 Å². The fourth-order valence-corrected chi connectivity index (χ4v) is 1.62. The summed E-state index contributed by atoms with van der Waals surface area (Å²) in [4.78, 5) is 1.25. The van der Waals surface area contributed by atoms with Crippen molar-refractivity contribution in [1.82, 2.24) is 0 Å². The number of hydrogen-bond donors (Lipinski definition) is 1. The van der Waals surface area contributed by atoms with Crippen molar-refractivity contribution in [1.29, 1.82) is 0 Å². The zero-order chi connectivity index (χ0) is 8.27. The maximum Gasteiger partial charge on any atom is 0.0682 e. The Morgan fingerprint density at radius 2 is 2.18 bits per heavy atom. The molecule has 0 aromatic heterocycles. The minimum Gasteiger partial charge on any atom is -0.392 e. The van der Waals surface area contributed by atoms with E-state index in [1.807, 2.05) is 24.5 Å². The lowest BCUT2D eigenvalue weighted by Crippen LogP contribution is -1.85. The molecule has 0 amide bonds. The molecule has 0 atom stereocenters. The molecule has 0 aliphatic rings. The van der Waals surface area contributed by atoms with Crippen LogP contribution in [0.4, 0.5) is 0 Å². The van der Waals surface area contributed by atoms with Crippen LogP contribution in [0.2, 0.25) is 0 Å². The quantitative estimate of drug-likeness (QED) is 0.683. The zero-order valence-electron chi connectivity index (χ0n) is 6.79. The molecule has 1 N–H and O–H groups in total.